The first-order valence-corrected chi connectivity index (χ1v) is 12.2. The highest BCUT2D eigenvalue weighted by atomic mass is 19.2. The average Bonchev–Trinajstić information content (AvgIpc) is 2.75. The zero-order valence-electron chi connectivity index (χ0n) is 18.5. The Morgan fingerprint density at radius 2 is 1.45 bits per heavy atom. The largest absolute Gasteiger partial charge is 0.490 e. The van der Waals surface area contributed by atoms with Gasteiger partial charge in [0.05, 0.1) is 6.61 Å². The molecule has 164 valence electrons. The van der Waals surface area contributed by atoms with Crippen LogP contribution in [-0.2, 0) is 0 Å². The highest BCUT2D eigenvalue weighted by Crippen LogP contribution is 2.45. The van der Waals surface area contributed by atoms with Gasteiger partial charge in [-0.2, -0.15) is 4.39 Å². The lowest BCUT2D eigenvalue weighted by atomic mass is 9.68. The smallest absolute Gasteiger partial charge is 0.200 e. The molecule has 29 heavy (non-hydrogen) atoms. The number of halogens is 2. The van der Waals surface area contributed by atoms with Gasteiger partial charge in [-0.05, 0) is 80.2 Å². The maximum Gasteiger partial charge on any atom is 0.200 e. The summed E-state index contributed by atoms with van der Waals surface area (Å²) in [6.45, 7) is 4.86. The molecule has 0 atom stereocenters. The van der Waals surface area contributed by atoms with Crippen LogP contribution in [0.15, 0.2) is 12.1 Å². The van der Waals surface area contributed by atoms with E-state index in [1.807, 2.05) is 0 Å². The third-order valence-electron chi connectivity index (χ3n) is 7.55. The average molecular weight is 407 g/mol. The molecular weight excluding hydrogens is 366 g/mol. The molecule has 0 N–H and O–H groups in total. The van der Waals surface area contributed by atoms with E-state index in [0.29, 0.717) is 12.2 Å². The van der Waals surface area contributed by atoms with Crippen LogP contribution in [0.25, 0.3) is 0 Å². The Kier molecular flexibility index (Phi) is 8.81. The summed E-state index contributed by atoms with van der Waals surface area (Å²) < 4.78 is 34.7. The molecule has 2 fully saturated rings. The monoisotopic (exact) mass is 406 g/mol. The molecule has 3 rings (SSSR count). The fourth-order valence-electron chi connectivity index (χ4n) is 5.77. The fraction of sp³-hybridized carbons (Fsp3) is 0.769. The van der Waals surface area contributed by atoms with E-state index in [0.717, 1.165) is 49.9 Å². The molecular formula is C26H40F2O. The number of unbranched alkanes of at least 4 members (excludes halogenated alkanes) is 2. The second-order valence-electron chi connectivity index (χ2n) is 9.52. The standard InChI is InChI=1S/C26H40F2O/c1-3-5-6-18-29-24-17-16-23(25(27)26(24)28)22-14-12-21(13-15-22)20-10-8-19(7-4-2)9-11-20/h16-17,19-22H,3-15,18H2,1-2H3/t19-,20-,21?,22?. The molecule has 0 aliphatic heterocycles. The Bertz CT molecular complexity index is 613. The van der Waals surface area contributed by atoms with Crippen molar-refractivity contribution >= 4 is 0 Å². The molecule has 1 aromatic carbocycles. The van der Waals surface area contributed by atoms with E-state index in [-0.39, 0.29) is 11.7 Å². The van der Waals surface area contributed by atoms with Crippen molar-refractivity contribution < 1.29 is 13.5 Å². The molecule has 0 unspecified atom stereocenters. The zero-order valence-corrected chi connectivity index (χ0v) is 18.5. The predicted molar refractivity (Wildman–Crippen MR) is 116 cm³/mol. The van der Waals surface area contributed by atoms with Crippen molar-refractivity contribution in [2.24, 2.45) is 17.8 Å². The van der Waals surface area contributed by atoms with Crippen molar-refractivity contribution in [1.29, 1.82) is 0 Å². The third kappa shape index (κ3) is 5.95. The lowest BCUT2D eigenvalue weighted by molar-refractivity contribution is 0.155. The summed E-state index contributed by atoms with van der Waals surface area (Å²) in [5, 5.41) is 0. The van der Waals surface area contributed by atoms with Gasteiger partial charge in [0.15, 0.2) is 11.6 Å². The van der Waals surface area contributed by atoms with Crippen LogP contribution in [0.3, 0.4) is 0 Å². The van der Waals surface area contributed by atoms with Crippen LogP contribution in [0.1, 0.15) is 109 Å². The number of hydrogen-bond acceptors (Lipinski definition) is 1. The molecule has 3 heteroatoms. The Balaban J connectivity index is 1.51. The predicted octanol–water partition coefficient (Wildman–Crippen LogP) is 8.41. The van der Waals surface area contributed by atoms with Crippen LogP contribution < -0.4 is 4.74 Å². The Hall–Kier alpha value is -1.12. The summed E-state index contributed by atoms with van der Waals surface area (Å²) in [6.07, 6.45) is 15.6. The molecule has 0 amide bonds. The molecule has 0 bridgehead atoms. The van der Waals surface area contributed by atoms with Gasteiger partial charge in [0.1, 0.15) is 0 Å². The first-order valence-electron chi connectivity index (χ1n) is 12.2. The van der Waals surface area contributed by atoms with Gasteiger partial charge in [-0.25, -0.2) is 4.39 Å². The second-order valence-corrected chi connectivity index (χ2v) is 9.52. The second kappa shape index (κ2) is 11.3. The van der Waals surface area contributed by atoms with E-state index >= 15 is 0 Å². The van der Waals surface area contributed by atoms with E-state index in [1.165, 1.54) is 51.4 Å². The molecule has 0 aromatic heterocycles. The molecule has 0 heterocycles. The van der Waals surface area contributed by atoms with Gasteiger partial charge in [0.25, 0.3) is 0 Å². The maximum atomic E-state index is 14.7. The molecule has 1 aromatic rings. The Morgan fingerprint density at radius 1 is 0.793 bits per heavy atom. The minimum absolute atomic E-state index is 0.0693. The van der Waals surface area contributed by atoms with Crippen molar-refractivity contribution in [2.75, 3.05) is 6.61 Å². The van der Waals surface area contributed by atoms with Crippen LogP contribution in [0.2, 0.25) is 0 Å². The lowest BCUT2D eigenvalue weighted by Crippen LogP contribution is -2.25. The fourth-order valence-corrected chi connectivity index (χ4v) is 5.77. The van der Waals surface area contributed by atoms with Gasteiger partial charge in [-0.1, -0.05) is 58.4 Å². The van der Waals surface area contributed by atoms with E-state index in [1.54, 1.807) is 12.1 Å². The van der Waals surface area contributed by atoms with Crippen LogP contribution in [0.5, 0.6) is 5.75 Å². The van der Waals surface area contributed by atoms with Gasteiger partial charge in [-0.15, -0.1) is 0 Å². The number of rotatable bonds is 9. The summed E-state index contributed by atoms with van der Waals surface area (Å²) in [7, 11) is 0. The van der Waals surface area contributed by atoms with E-state index in [2.05, 4.69) is 13.8 Å². The molecule has 2 saturated carbocycles. The van der Waals surface area contributed by atoms with Gasteiger partial charge >= 0.3 is 0 Å². The van der Waals surface area contributed by atoms with Crippen molar-refractivity contribution in [3.05, 3.63) is 29.3 Å². The van der Waals surface area contributed by atoms with Crippen molar-refractivity contribution in [3.8, 4) is 5.75 Å². The number of ether oxygens (including phenoxy) is 1. The SMILES string of the molecule is CCCCCOc1ccc(C2CCC([C@H]3CC[C@H](CCC)CC3)CC2)c(F)c1F. The minimum atomic E-state index is -0.796. The molecule has 1 nitrogen and oxygen atoms in total. The normalized spacial score (nSPS) is 27.7. The van der Waals surface area contributed by atoms with E-state index in [4.69, 9.17) is 4.74 Å². The minimum Gasteiger partial charge on any atom is -0.490 e. The summed E-state index contributed by atoms with van der Waals surface area (Å²) in [5.74, 6) is 1.36. The Labute approximate surface area is 176 Å². The topological polar surface area (TPSA) is 9.23 Å². The van der Waals surface area contributed by atoms with Gasteiger partial charge in [0.2, 0.25) is 5.82 Å². The van der Waals surface area contributed by atoms with Crippen LogP contribution in [-0.4, -0.2) is 6.61 Å². The van der Waals surface area contributed by atoms with Crippen LogP contribution in [0, 0.1) is 29.4 Å². The van der Waals surface area contributed by atoms with Gasteiger partial charge < -0.3 is 4.74 Å². The first-order chi connectivity index (χ1) is 14.1. The van der Waals surface area contributed by atoms with E-state index < -0.39 is 11.6 Å². The number of hydrogen-bond donors (Lipinski definition) is 0. The van der Waals surface area contributed by atoms with Crippen molar-refractivity contribution in [2.45, 2.75) is 103 Å². The summed E-state index contributed by atoms with van der Waals surface area (Å²) >= 11 is 0. The molecule has 0 spiro atoms. The van der Waals surface area contributed by atoms with Crippen LogP contribution in [0.4, 0.5) is 8.78 Å². The summed E-state index contributed by atoms with van der Waals surface area (Å²) in [4.78, 5) is 0. The molecule has 2 aliphatic rings. The maximum absolute atomic E-state index is 14.7. The van der Waals surface area contributed by atoms with Gasteiger partial charge in [0, 0.05) is 0 Å². The summed E-state index contributed by atoms with van der Waals surface area (Å²) in [5.41, 5.74) is 0.563. The van der Waals surface area contributed by atoms with E-state index in [9.17, 15) is 8.78 Å². The van der Waals surface area contributed by atoms with Crippen LogP contribution >= 0.6 is 0 Å². The third-order valence-corrected chi connectivity index (χ3v) is 7.55. The zero-order chi connectivity index (χ0) is 20.6. The highest BCUT2D eigenvalue weighted by Gasteiger charge is 2.32. The highest BCUT2D eigenvalue weighted by molar-refractivity contribution is 5.33. The Morgan fingerprint density at radius 3 is 2.07 bits per heavy atom. The molecule has 0 saturated heterocycles. The van der Waals surface area contributed by atoms with Gasteiger partial charge in [-0.3, -0.25) is 0 Å². The quantitative estimate of drug-likeness (QED) is 0.374. The lowest BCUT2D eigenvalue weighted by Gasteiger charge is -2.38. The first kappa shape index (κ1) is 22.6. The molecule has 2 aliphatic carbocycles. The van der Waals surface area contributed by atoms with Crippen molar-refractivity contribution in [1.82, 2.24) is 0 Å². The number of benzene rings is 1. The van der Waals surface area contributed by atoms with Crippen molar-refractivity contribution in [3.63, 3.8) is 0 Å². The summed E-state index contributed by atoms with van der Waals surface area (Å²) in [6, 6.07) is 3.41. The molecule has 0 radical (unpaired) electrons.